The summed E-state index contributed by atoms with van der Waals surface area (Å²) in [7, 11) is 2.45. The van der Waals surface area contributed by atoms with Gasteiger partial charge in [0.05, 0.1) is 11.0 Å². The van der Waals surface area contributed by atoms with Crippen LogP contribution < -0.4 is 0 Å². The van der Waals surface area contributed by atoms with Crippen LogP contribution in [0.1, 0.15) is 25.2 Å². The lowest BCUT2D eigenvalue weighted by Crippen LogP contribution is -1.94. The zero-order valence-electron chi connectivity index (χ0n) is 69.9. The number of hydrogen-bond acceptors (Lipinski definition) is 2. The number of rotatable bonds is 2. The van der Waals surface area contributed by atoms with Gasteiger partial charge in [-0.1, -0.05) is 152 Å². The molecule has 4 heteroatoms. The van der Waals surface area contributed by atoms with E-state index in [1.54, 1.807) is 67.7 Å². The lowest BCUT2D eigenvalue weighted by atomic mass is 9.90. The van der Waals surface area contributed by atoms with Crippen LogP contribution in [-0.2, 0) is 0 Å². The van der Waals surface area contributed by atoms with Crippen LogP contribution in [-0.4, -0.2) is 17.0 Å². The van der Waals surface area contributed by atoms with Crippen molar-refractivity contribution in [3.63, 3.8) is 0 Å². The molecule has 1 atom stereocenters. The summed E-state index contributed by atoms with van der Waals surface area (Å²) in [6.45, 7) is 11.4. The molecule has 0 saturated carbocycles. The number of aryl methyl sites for hydroxylation is 2. The molecule has 131 heavy (non-hydrogen) atoms. The van der Waals surface area contributed by atoms with Crippen molar-refractivity contribution in [1.82, 2.24) is 9.97 Å². The van der Waals surface area contributed by atoms with E-state index >= 15 is 0 Å². The van der Waals surface area contributed by atoms with Crippen LogP contribution in [0.4, 0.5) is 0 Å². The predicted molar refractivity (Wildman–Crippen MR) is 550 cm³/mol. The summed E-state index contributed by atoms with van der Waals surface area (Å²) in [5.74, 6) is 146. The van der Waals surface area contributed by atoms with Crippen LogP contribution >= 0.6 is 9.12 Å². The van der Waals surface area contributed by atoms with E-state index in [1.807, 2.05) is 26.0 Å². The van der Waals surface area contributed by atoms with Gasteiger partial charge in [-0.25, -0.2) is 0 Å². The lowest BCUT2D eigenvalue weighted by molar-refractivity contribution is 1.23. The van der Waals surface area contributed by atoms with Gasteiger partial charge in [-0.05, 0) is 318 Å². The molecule has 0 aliphatic carbocycles. The minimum atomic E-state index is 0.970. The quantitative estimate of drug-likeness (QED) is 0.0746. The Morgan fingerprint density at radius 2 is 0.313 bits per heavy atom. The first-order valence-corrected chi connectivity index (χ1v) is 40.9. The van der Waals surface area contributed by atoms with Crippen LogP contribution in [0, 0.1) is 357 Å². The molecule has 0 spiro atoms. The molecule has 19 aromatic carbocycles. The maximum Gasteiger partial charge on any atom is 0.134 e. The minimum absolute atomic E-state index is 0.970. The van der Waals surface area contributed by atoms with E-state index < -0.39 is 0 Å². The fraction of sp³-hybridized carbons (Fsp3) is 0.0394. The van der Waals surface area contributed by atoms with Crippen LogP contribution in [0.25, 0.3) is 206 Å². The third-order valence-corrected chi connectivity index (χ3v) is 21.3. The van der Waals surface area contributed by atoms with E-state index in [-0.39, 0.29) is 0 Å². The molecule has 0 aliphatic rings. The highest BCUT2D eigenvalue weighted by Crippen LogP contribution is 2.68. The second-order valence-corrected chi connectivity index (χ2v) is 29.0. The van der Waals surface area contributed by atoms with Gasteiger partial charge in [0.25, 0.3) is 0 Å². The average Bonchev–Trinajstić information content (AvgIpc) is 1.44. The topological polar surface area (TPSA) is 25.8 Å². The fourth-order valence-electron chi connectivity index (χ4n) is 17.4. The molecule has 0 aliphatic heterocycles. The number of fused-ring (bicyclic) bond motifs is 8. The molecule has 0 saturated heterocycles. The van der Waals surface area contributed by atoms with Crippen LogP contribution in [0.2, 0.25) is 6.82 Å². The van der Waals surface area contributed by atoms with Gasteiger partial charge in [0, 0.05) is 259 Å². The van der Waals surface area contributed by atoms with Gasteiger partial charge in [-0.2, -0.15) is 9.12 Å². The second-order valence-electron chi connectivity index (χ2n) is 28.3. The van der Waals surface area contributed by atoms with Crippen LogP contribution in [0.5, 0.6) is 0 Å². The van der Waals surface area contributed by atoms with Gasteiger partial charge in [-0.3, -0.25) is 9.97 Å². The van der Waals surface area contributed by atoms with Crippen molar-refractivity contribution in [2.45, 2.75) is 34.5 Å². The van der Waals surface area contributed by atoms with E-state index in [9.17, 15) is 0 Å². The highest BCUT2D eigenvalue weighted by Gasteiger charge is 2.39. The van der Waals surface area contributed by atoms with E-state index in [1.165, 1.54) is 130 Å². The largest absolute Gasteiger partial charge is 0.251 e. The first kappa shape index (κ1) is 81.0. The molecule has 0 N–H and O–H groups in total. The molecular formula is C127H41BN2P. The molecule has 21 rings (SSSR count). The Morgan fingerprint density at radius 3 is 0.458 bits per heavy atom. The van der Waals surface area contributed by atoms with E-state index in [0.717, 1.165) is 33.2 Å². The molecule has 2 aromatic heterocycles. The average molecular weight is 1640 g/mol. The molecule has 2 nitrogen and oxygen atoms in total. The first-order chi connectivity index (χ1) is 64.9. The highest BCUT2D eigenvalue weighted by molar-refractivity contribution is 7.55. The normalized spacial score (nSPS) is 9.05. The Morgan fingerprint density at radius 1 is 0.183 bits per heavy atom. The number of pyridine rings is 2. The summed E-state index contributed by atoms with van der Waals surface area (Å²) in [5.41, 5.74) is 8.76. The molecule has 2 heterocycles. The number of hydrogen-bond donors (Lipinski definition) is 0. The number of aromatic nitrogens is 2. The first-order valence-electron chi connectivity index (χ1n) is 40.2. The summed E-state index contributed by atoms with van der Waals surface area (Å²) in [6, 6.07) is 54.2. The Labute approximate surface area is 761 Å². The van der Waals surface area contributed by atoms with Crippen LogP contribution in [0.15, 0.2) is 146 Å². The van der Waals surface area contributed by atoms with Gasteiger partial charge < -0.3 is 0 Å². The Balaban J connectivity index is 0.000000137. The van der Waals surface area contributed by atoms with Gasteiger partial charge in [0.1, 0.15) is 7.00 Å². The van der Waals surface area contributed by atoms with E-state index in [4.69, 9.17) is 9.97 Å². The van der Waals surface area contributed by atoms with Gasteiger partial charge in [0.15, 0.2) is 0 Å². The van der Waals surface area contributed by atoms with Gasteiger partial charge in [0.2, 0.25) is 0 Å². The third kappa shape index (κ3) is 15.3. The van der Waals surface area contributed by atoms with Crippen molar-refractivity contribution >= 4 is 200 Å². The van der Waals surface area contributed by atoms with Crippen LogP contribution in [0.3, 0.4) is 0 Å². The Bertz CT molecular complexity index is 9470. The molecule has 0 amide bonds. The molecule has 1 radical (unpaired) electrons. The van der Waals surface area contributed by atoms with Gasteiger partial charge >= 0.3 is 0 Å². The highest BCUT2D eigenvalue weighted by atomic mass is 31.0. The molecule has 0 bridgehead atoms. The van der Waals surface area contributed by atoms with Gasteiger partial charge in [-0.15, -0.1) is 0 Å². The fourth-order valence-corrected chi connectivity index (χ4v) is 17.4. The predicted octanol–water partition coefficient (Wildman–Crippen LogP) is 20.1. The summed E-state index contributed by atoms with van der Waals surface area (Å²) in [6.07, 6.45) is 0. The third-order valence-electron chi connectivity index (χ3n) is 21.3. The minimum Gasteiger partial charge on any atom is -0.251 e. The van der Waals surface area contributed by atoms with Crippen molar-refractivity contribution in [3.05, 3.63) is 157 Å². The van der Waals surface area contributed by atoms with Crippen molar-refractivity contribution in [2.24, 2.45) is 0 Å². The Kier molecular flexibility index (Phi) is 23.2. The number of benzene rings is 13. The van der Waals surface area contributed by atoms with Crippen molar-refractivity contribution in [3.8, 4) is 366 Å². The summed E-state index contributed by atoms with van der Waals surface area (Å²) < 4.78 is 0. The number of nitrogens with zero attached hydrogens (tertiary/aromatic N) is 2. The summed E-state index contributed by atoms with van der Waals surface area (Å²) >= 11 is 0. The summed E-state index contributed by atoms with van der Waals surface area (Å²) in [4.78, 5) is 9.81. The molecule has 1 unspecified atom stereocenters. The van der Waals surface area contributed by atoms with Crippen molar-refractivity contribution in [2.75, 3.05) is 0 Å². The van der Waals surface area contributed by atoms with E-state index in [2.05, 4.69) is 500 Å². The Hall–Kier alpha value is -21.0. The molecular weight excluding hydrogens is 1600 g/mol. The van der Waals surface area contributed by atoms with E-state index in [0.29, 0.717) is 0 Å². The van der Waals surface area contributed by atoms with Crippen molar-refractivity contribution in [1.29, 1.82) is 0 Å². The van der Waals surface area contributed by atoms with Crippen molar-refractivity contribution < 1.29 is 0 Å². The second kappa shape index (κ2) is 37.6. The zero-order valence-corrected chi connectivity index (χ0v) is 71.1. The SMILES string of the molecule is CC#CC#CC#CC#CC#CC#CC#CC#CC#CC#CC#CC#CC#CC#CC#CC#CC#CC#CC#CC#CC#CC#CC#CC#CC#CC#CC#CC#CC#CC.C[B]P.Cc1cc(-c2ccccc2)c2ccc3c(-c4ccccc4)cc(C)nc3c2n1.c1cc2c3ccc4c5ccc6c7ccc8c9ccc%10c1c1c2c2c3c4c3c5c6c4c7c8c5c9c%10c1c1c2c3c4c51. The molecule has 0 fully saturated rings. The smallest absolute Gasteiger partial charge is 0.134 e. The molecule has 567 valence electrons. The molecule has 21 aromatic rings. The maximum absolute atomic E-state index is 4.90. The monoisotopic (exact) mass is 1640 g/mol. The lowest BCUT2D eigenvalue weighted by Gasteiger charge is -2.13. The maximum atomic E-state index is 4.90. The summed E-state index contributed by atoms with van der Waals surface area (Å²) in [5, 5.41) is 47.8. The zero-order chi connectivity index (χ0) is 89.2. The standard InChI is InChI=1S/C60H6.C40H10.C26H20N2.CH5BP/c1-3-5-7-9-11-13-15-17-19-21-23-25-27-29-31-33-35-37-39-41-43-45-47-49-51-53-55-57-59-60-58-56-54-52-50-48-46-44-42-40-38-36-34-32-30-28-26-24-22-20-18-16-14-12-10-8-6-4-2;1-2-12-14-5-6-16-18-9-10-20-19-8-7-17-15-4-3-13-11(1)21-22(12)32-24(14)26(16)34-29(18)30(20)35-28(19)27(17)33-25(15)23(13)31(21)36-37(32)39(34)40(35)38(33)36;1-17-15-23(19-9-5-3-6-10-19)21-13-14-22-24(20-11-7-4-8-12-20)16-18(2)28-26(22)25(21)27-17;1-2-3/h1-2H3;1-10H;3-16H,1-2H3;3H2,1H3.